The van der Waals surface area contributed by atoms with E-state index in [1.807, 2.05) is 50.0 Å². The Labute approximate surface area is 214 Å². The van der Waals surface area contributed by atoms with Gasteiger partial charge in [-0.15, -0.1) is 10.2 Å². The molecule has 1 heterocycles. The number of hydrogen-bond acceptors (Lipinski definition) is 5. The van der Waals surface area contributed by atoms with Gasteiger partial charge in [0, 0.05) is 31.1 Å². The molecule has 0 saturated heterocycles. The van der Waals surface area contributed by atoms with Crippen LogP contribution in [0.2, 0.25) is 0 Å². The highest BCUT2D eigenvalue weighted by Gasteiger charge is 2.31. The zero-order valence-corrected chi connectivity index (χ0v) is 21.3. The SMILES string of the molecule is CN(C)Cc1ccc(C(=O)NC2CCC(c3nnc(COc4cccc(C(F)(F)F)c4)n3C)CC2)cc1. The Morgan fingerprint density at radius 3 is 2.43 bits per heavy atom. The minimum atomic E-state index is -4.42. The summed E-state index contributed by atoms with van der Waals surface area (Å²) in [6, 6.07) is 12.6. The van der Waals surface area contributed by atoms with Crippen molar-refractivity contribution in [1.29, 1.82) is 0 Å². The molecule has 1 aliphatic rings. The van der Waals surface area contributed by atoms with E-state index >= 15 is 0 Å². The van der Waals surface area contributed by atoms with E-state index in [1.54, 1.807) is 0 Å². The van der Waals surface area contributed by atoms with Gasteiger partial charge in [0.25, 0.3) is 5.91 Å². The van der Waals surface area contributed by atoms with Gasteiger partial charge in [-0.1, -0.05) is 18.2 Å². The molecule has 198 valence electrons. The van der Waals surface area contributed by atoms with Gasteiger partial charge in [0.15, 0.2) is 5.82 Å². The van der Waals surface area contributed by atoms with Gasteiger partial charge in [0.1, 0.15) is 18.2 Å². The summed E-state index contributed by atoms with van der Waals surface area (Å²) in [7, 11) is 5.86. The Morgan fingerprint density at radius 1 is 1.08 bits per heavy atom. The number of hydrogen-bond donors (Lipinski definition) is 1. The minimum absolute atomic E-state index is 0.0174. The Kier molecular flexibility index (Phi) is 8.16. The average molecular weight is 516 g/mol. The van der Waals surface area contributed by atoms with Crippen LogP contribution in [-0.4, -0.2) is 45.7 Å². The highest BCUT2D eigenvalue weighted by molar-refractivity contribution is 5.94. The lowest BCUT2D eigenvalue weighted by Gasteiger charge is -2.28. The second-order valence-corrected chi connectivity index (χ2v) is 9.80. The number of ether oxygens (including phenoxy) is 1. The number of carbonyl (C=O) groups is 1. The van der Waals surface area contributed by atoms with E-state index < -0.39 is 11.7 Å². The molecule has 3 aromatic rings. The Balaban J connectivity index is 1.28. The second kappa shape index (κ2) is 11.3. The van der Waals surface area contributed by atoms with Gasteiger partial charge >= 0.3 is 6.18 Å². The molecule has 1 saturated carbocycles. The molecule has 0 spiro atoms. The first kappa shape index (κ1) is 26.7. The lowest BCUT2D eigenvalue weighted by Crippen LogP contribution is -2.37. The summed E-state index contributed by atoms with van der Waals surface area (Å²) < 4.78 is 46.2. The van der Waals surface area contributed by atoms with E-state index in [2.05, 4.69) is 20.4 Å². The molecule has 0 radical (unpaired) electrons. The van der Waals surface area contributed by atoms with Crippen molar-refractivity contribution in [3.05, 3.63) is 76.9 Å². The fourth-order valence-electron chi connectivity index (χ4n) is 4.66. The van der Waals surface area contributed by atoms with Gasteiger partial charge in [-0.05, 0) is 75.7 Å². The molecule has 0 aliphatic heterocycles. The van der Waals surface area contributed by atoms with E-state index in [0.717, 1.165) is 55.7 Å². The molecule has 37 heavy (non-hydrogen) atoms. The summed E-state index contributed by atoms with van der Waals surface area (Å²) in [5, 5.41) is 11.7. The molecule has 10 heteroatoms. The third-order valence-corrected chi connectivity index (χ3v) is 6.67. The number of benzene rings is 2. The lowest BCUT2D eigenvalue weighted by molar-refractivity contribution is -0.137. The number of alkyl halides is 3. The van der Waals surface area contributed by atoms with E-state index in [9.17, 15) is 18.0 Å². The van der Waals surface area contributed by atoms with E-state index in [1.165, 1.54) is 12.1 Å². The maximum absolute atomic E-state index is 12.9. The predicted molar refractivity (Wildman–Crippen MR) is 133 cm³/mol. The fraction of sp³-hybridized carbons (Fsp3) is 0.444. The lowest BCUT2D eigenvalue weighted by atomic mass is 9.85. The third-order valence-electron chi connectivity index (χ3n) is 6.67. The molecule has 1 amide bonds. The zero-order valence-electron chi connectivity index (χ0n) is 21.3. The minimum Gasteiger partial charge on any atom is -0.486 e. The predicted octanol–water partition coefficient (Wildman–Crippen LogP) is 4.93. The normalized spacial score (nSPS) is 18.1. The molecule has 0 atom stereocenters. The maximum atomic E-state index is 12.9. The molecule has 2 aromatic carbocycles. The van der Waals surface area contributed by atoms with Crippen molar-refractivity contribution in [3.8, 4) is 5.75 Å². The molecular formula is C27H32F3N5O2. The highest BCUT2D eigenvalue weighted by Crippen LogP contribution is 2.33. The standard InChI is InChI=1S/C27H32F3N5O2/c1-34(2)16-18-7-9-20(10-8-18)26(36)31-22-13-11-19(12-14-22)25-33-32-24(35(25)3)17-37-23-6-4-5-21(15-23)27(28,29)30/h4-10,15,19,22H,11-14,16-17H2,1-3H3,(H,31,36). The second-order valence-electron chi connectivity index (χ2n) is 9.80. The fourth-order valence-corrected chi connectivity index (χ4v) is 4.66. The van der Waals surface area contributed by atoms with Crippen LogP contribution in [0.3, 0.4) is 0 Å². The number of carbonyl (C=O) groups excluding carboxylic acids is 1. The summed E-state index contributed by atoms with van der Waals surface area (Å²) in [4.78, 5) is 14.8. The number of rotatable bonds is 8. The number of nitrogens with one attached hydrogen (secondary N) is 1. The van der Waals surface area contributed by atoms with Crippen molar-refractivity contribution in [2.24, 2.45) is 7.05 Å². The van der Waals surface area contributed by atoms with Gasteiger partial charge in [-0.25, -0.2) is 0 Å². The van der Waals surface area contributed by atoms with Crippen LogP contribution in [0, 0.1) is 0 Å². The van der Waals surface area contributed by atoms with Crippen LogP contribution in [0.4, 0.5) is 13.2 Å². The zero-order chi connectivity index (χ0) is 26.6. The molecule has 1 N–H and O–H groups in total. The van der Waals surface area contributed by atoms with E-state index in [0.29, 0.717) is 11.4 Å². The first-order valence-electron chi connectivity index (χ1n) is 12.3. The number of halogens is 3. The summed E-state index contributed by atoms with van der Waals surface area (Å²) in [6.45, 7) is 0.844. The van der Waals surface area contributed by atoms with Gasteiger partial charge in [0.2, 0.25) is 0 Å². The molecule has 1 fully saturated rings. The first-order chi connectivity index (χ1) is 17.6. The molecule has 1 aliphatic carbocycles. The van der Waals surface area contributed by atoms with Crippen LogP contribution in [-0.2, 0) is 26.4 Å². The molecule has 0 bridgehead atoms. The van der Waals surface area contributed by atoms with Gasteiger partial charge in [-0.3, -0.25) is 4.79 Å². The topological polar surface area (TPSA) is 72.3 Å². The largest absolute Gasteiger partial charge is 0.486 e. The monoisotopic (exact) mass is 515 g/mol. The smallest absolute Gasteiger partial charge is 0.416 e. The average Bonchev–Trinajstić information content (AvgIpc) is 3.23. The van der Waals surface area contributed by atoms with Crippen LogP contribution in [0.1, 0.15) is 64.7 Å². The third kappa shape index (κ3) is 6.88. The number of aromatic nitrogens is 3. The van der Waals surface area contributed by atoms with Crippen molar-refractivity contribution in [2.45, 2.75) is 57.0 Å². The molecule has 7 nitrogen and oxygen atoms in total. The quantitative estimate of drug-likeness (QED) is 0.461. The Hall–Kier alpha value is -3.40. The van der Waals surface area contributed by atoms with Gasteiger partial charge in [0.05, 0.1) is 5.56 Å². The first-order valence-corrected chi connectivity index (χ1v) is 12.3. The van der Waals surface area contributed by atoms with Crippen LogP contribution in [0.15, 0.2) is 48.5 Å². The van der Waals surface area contributed by atoms with Crippen LogP contribution in [0.5, 0.6) is 5.75 Å². The maximum Gasteiger partial charge on any atom is 0.416 e. The van der Waals surface area contributed by atoms with E-state index in [4.69, 9.17) is 4.74 Å². The van der Waals surface area contributed by atoms with E-state index in [-0.39, 0.29) is 30.2 Å². The van der Waals surface area contributed by atoms with Gasteiger partial charge in [-0.2, -0.15) is 13.2 Å². The van der Waals surface area contributed by atoms with Crippen molar-refractivity contribution >= 4 is 5.91 Å². The van der Waals surface area contributed by atoms with Crippen LogP contribution >= 0.6 is 0 Å². The number of amides is 1. The Bertz CT molecular complexity index is 1200. The van der Waals surface area contributed by atoms with Crippen molar-refractivity contribution < 1.29 is 22.7 Å². The molecule has 0 unspecified atom stereocenters. The molecule has 1 aromatic heterocycles. The number of nitrogens with zero attached hydrogens (tertiary/aromatic N) is 4. The van der Waals surface area contributed by atoms with Crippen molar-refractivity contribution in [2.75, 3.05) is 14.1 Å². The summed E-state index contributed by atoms with van der Waals surface area (Å²) >= 11 is 0. The van der Waals surface area contributed by atoms with Gasteiger partial charge < -0.3 is 19.5 Å². The summed E-state index contributed by atoms with van der Waals surface area (Å²) in [5.74, 6) is 1.62. The van der Waals surface area contributed by atoms with Crippen molar-refractivity contribution in [3.63, 3.8) is 0 Å². The van der Waals surface area contributed by atoms with Crippen LogP contribution < -0.4 is 10.1 Å². The summed E-state index contributed by atoms with van der Waals surface area (Å²) in [6.07, 6.45) is -1.05. The van der Waals surface area contributed by atoms with Crippen LogP contribution in [0.25, 0.3) is 0 Å². The van der Waals surface area contributed by atoms with Crippen molar-refractivity contribution in [1.82, 2.24) is 25.0 Å². The molecular weight excluding hydrogens is 483 g/mol. The molecule has 4 rings (SSSR count). The Morgan fingerprint density at radius 2 is 1.78 bits per heavy atom. The highest BCUT2D eigenvalue weighted by atomic mass is 19.4. The summed E-state index contributed by atoms with van der Waals surface area (Å²) in [5.41, 5.74) is 1.06.